The van der Waals surface area contributed by atoms with Gasteiger partial charge in [-0.15, -0.1) is 0 Å². The summed E-state index contributed by atoms with van der Waals surface area (Å²) in [4.78, 5) is 5.31. The first-order chi connectivity index (χ1) is 7.97. The first-order valence-corrected chi connectivity index (χ1v) is 7.19. The Bertz CT molecular complexity index is 230. The Morgan fingerprint density at radius 3 is 2.12 bits per heavy atom. The molecule has 0 aromatic rings. The summed E-state index contributed by atoms with van der Waals surface area (Å²) in [5.74, 6) is 0. The summed E-state index contributed by atoms with van der Waals surface area (Å²) in [6.45, 7) is 15.4. The molecule has 0 radical (unpaired) electrons. The first-order valence-electron chi connectivity index (χ1n) is 7.19. The average molecular weight is 239 g/mol. The van der Waals surface area contributed by atoms with Crippen molar-refractivity contribution in [2.24, 2.45) is 0 Å². The molecule has 2 atom stereocenters. The van der Waals surface area contributed by atoms with Crippen molar-refractivity contribution in [3.05, 3.63) is 0 Å². The van der Waals surface area contributed by atoms with Gasteiger partial charge in [-0.1, -0.05) is 0 Å². The lowest BCUT2D eigenvalue weighted by Crippen LogP contribution is -2.58. The fourth-order valence-corrected chi connectivity index (χ4v) is 3.05. The predicted octanol–water partition coefficient (Wildman–Crippen LogP) is 1.54. The highest BCUT2D eigenvalue weighted by Crippen LogP contribution is 2.20. The third-order valence-electron chi connectivity index (χ3n) is 4.41. The minimum absolute atomic E-state index is 0.339. The molecule has 2 heterocycles. The summed E-state index contributed by atoms with van der Waals surface area (Å²) in [5.41, 5.74) is 0.339. The van der Waals surface area contributed by atoms with Crippen LogP contribution < -0.4 is 5.32 Å². The lowest BCUT2D eigenvalue weighted by atomic mass is 9.99. The van der Waals surface area contributed by atoms with Crippen LogP contribution in [0.15, 0.2) is 0 Å². The van der Waals surface area contributed by atoms with E-state index in [4.69, 9.17) is 0 Å². The van der Waals surface area contributed by atoms with Crippen molar-refractivity contribution in [2.75, 3.05) is 32.7 Å². The Hall–Kier alpha value is -0.120. The lowest BCUT2D eigenvalue weighted by molar-refractivity contribution is 0.0341. The summed E-state index contributed by atoms with van der Waals surface area (Å²) in [5, 5.41) is 3.62. The number of hydrogen-bond donors (Lipinski definition) is 1. The van der Waals surface area contributed by atoms with E-state index < -0.39 is 0 Å². The molecule has 2 saturated heterocycles. The van der Waals surface area contributed by atoms with Crippen molar-refractivity contribution in [3.63, 3.8) is 0 Å². The largest absolute Gasteiger partial charge is 0.313 e. The molecular formula is C14H29N3. The number of piperidine rings is 1. The van der Waals surface area contributed by atoms with Crippen LogP contribution in [0.25, 0.3) is 0 Å². The molecule has 2 fully saturated rings. The van der Waals surface area contributed by atoms with Crippen molar-refractivity contribution in [2.45, 2.75) is 58.2 Å². The number of nitrogens with zero attached hydrogens (tertiary/aromatic N) is 2. The van der Waals surface area contributed by atoms with Crippen LogP contribution in [0, 0.1) is 0 Å². The smallest absolute Gasteiger partial charge is 0.0222 e. The highest BCUT2D eigenvalue weighted by Gasteiger charge is 2.30. The molecular weight excluding hydrogens is 210 g/mol. The number of nitrogens with one attached hydrogen (secondary N) is 1. The summed E-state index contributed by atoms with van der Waals surface area (Å²) >= 11 is 0. The molecule has 100 valence electrons. The van der Waals surface area contributed by atoms with Gasteiger partial charge in [0.1, 0.15) is 0 Å². The van der Waals surface area contributed by atoms with E-state index in [1.165, 1.54) is 45.6 Å². The van der Waals surface area contributed by atoms with Crippen molar-refractivity contribution in [3.8, 4) is 0 Å². The van der Waals surface area contributed by atoms with Gasteiger partial charge in [-0.2, -0.15) is 0 Å². The summed E-state index contributed by atoms with van der Waals surface area (Å²) in [6, 6.07) is 1.51. The Balaban J connectivity index is 1.79. The number of piperazine rings is 1. The van der Waals surface area contributed by atoms with E-state index in [2.05, 4.69) is 42.8 Å². The molecule has 2 rings (SSSR count). The van der Waals surface area contributed by atoms with Crippen molar-refractivity contribution in [1.82, 2.24) is 15.1 Å². The van der Waals surface area contributed by atoms with Crippen molar-refractivity contribution >= 4 is 0 Å². The minimum atomic E-state index is 0.339. The molecule has 0 saturated carbocycles. The third kappa shape index (κ3) is 3.43. The van der Waals surface area contributed by atoms with Crippen molar-refractivity contribution < 1.29 is 0 Å². The average Bonchev–Trinajstić information content (AvgIpc) is 2.29. The molecule has 0 amide bonds. The second-order valence-corrected chi connectivity index (χ2v) is 6.73. The van der Waals surface area contributed by atoms with Crippen LogP contribution in [0.5, 0.6) is 0 Å². The van der Waals surface area contributed by atoms with E-state index in [1.54, 1.807) is 0 Å². The van der Waals surface area contributed by atoms with Crippen LogP contribution in [0.1, 0.15) is 40.5 Å². The fraction of sp³-hybridized carbons (Fsp3) is 1.00. The maximum Gasteiger partial charge on any atom is 0.0222 e. The van der Waals surface area contributed by atoms with E-state index >= 15 is 0 Å². The van der Waals surface area contributed by atoms with E-state index in [0.29, 0.717) is 5.54 Å². The van der Waals surface area contributed by atoms with Gasteiger partial charge in [0.05, 0.1) is 0 Å². The Morgan fingerprint density at radius 1 is 1.00 bits per heavy atom. The van der Waals surface area contributed by atoms with Gasteiger partial charge in [0.15, 0.2) is 0 Å². The summed E-state index contributed by atoms with van der Waals surface area (Å²) in [6.07, 6.45) is 2.72. The maximum absolute atomic E-state index is 3.62. The molecule has 1 N–H and O–H groups in total. The predicted molar refractivity (Wildman–Crippen MR) is 73.4 cm³/mol. The van der Waals surface area contributed by atoms with Crippen LogP contribution in [0.4, 0.5) is 0 Å². The van der Waals surface area contributed by atoms with Crippen LogP contribution in [-0.4, -0.2) is 60.1 Å². The first kappa shape index (κ1) is 13.3. The van der Waals surface area contributed by atoms with Gasteiger partial charge in [0.25, 0.3) is 0 Å². The normalized spacial score (nSPS) is 33.9. The molecule has 17 heavy (non-hydrogen) atoms. The monoisotopic (exact) mass is 239 g/mol. The van der Waals surface area contributed by atoms with Gasteiger partial charge >= 0.3 is 0 Å². The Kier molecular flexibility index (Phi) is 4.11. The molecule has 0 aliphatic carbocycles. The minimum Gasteiger partial charge on any atom is -0.313 e. The zero-order chi connectivity index (χ0) is 12.5. The van der Waals surface area contributed by atoms with E-state index in [1.807, 2.05) is 0 Å². The second-order valence-electron chi connectivity index (χ2n) is 6.73. The van der Waals surface area contributed by atoms with E-state index in [9.17, 15) is 0 Å². The SMILES string of the molecule is CC1CCC(N2CCN(C(C)(C)C)CC2)CN1. The zero-order valence-corrected chi connectivity index (χ0v) is 12.0. The van der Waals surface area contributed by atoms with Gasteiger partial charge in [-0.3, -0.25) is 9.80 Å². The molecule has 2 aliphatic rings. The molecule has 2 aliphatic heterocycles. The zero-order valence-electron chi connectivity index (χ0n) is 12.0. The van der Waals surface area contributed by atoms with Crippen molar-refractivity contribution in [1.29, 1.82) is 0 Å². The molecule has 0 aromatic heterocycles. The topological polar surface area (TPSA) is 18.5 Å². The number of rotatable bonds is 1. The van der Waals surface area contributed by atoms with Crippen LogP contribution in [0.3, 0.4) is 0 Å². The third-order valence-corrected chi connectivity index (χ3v) is 4.41. The maximum atomic E-state index is 3.62. The van der Waals surface area contributed by atoms with Gasteiger partial charge in [-0.25, -0.2) is 0 Å². The highest BCUT2D eigenvalue weighted by atomic mass is 15.3. The molecule has 0 spiro atoms. The quantitative estimate of drug-likeness (QED) is 0.749. The second kappa shape index (κ2) is 5.25. The van der Waals surface area contributed by atoms with E-state index in [-0.39, 0.29) is 0 Å². The molecule has 2 unspecified atom stereocenters. The van der Waals surface area contributed by atoms with Gasteiger partial charge in [0, 0.05) is 50.3 Å². The lowest BCUT2D eigenvalue weighted by Gasteiger charge is -2.46. The summed E-state index contributed by atoms with van der Waals surface area (Å²) < 4.78 is 0. The van der Waals surface area contributed by atoms with Crippen LogP contribution in [0.2, 0.25) is 0 Å². The van der Waals surface area contributed by atoms with Gasteiger partial charge in [0.2, 0.25) is 0 Å². The number of hydrogen-bond acceptors (Lipinski definition) is 3. The molecule has 0 aromatic carbocycles. The van der Waals surface area contributed by atoms with E-state index in [0.717, 1.165) is 12.1 Å². The molecule has 3 heteroatoms. The Labute approximate surface area is 107 Å². The fourth-order valence-electron chi connectivity index (χ4n) is 3.05. The van der Waals surface area contributed by atoms with Crippen LogP contribution >= 0.6 is 0 Å². The van der Waals surface area contributed by atoms with Gasteiger partial charge < -0.3 is 5.32 Å². The molecule has 0 bridgehead atoms. The standard InChI is InChI=1S/C14H29N3/c1-12-5-6-13(11-15-12)16-7-9-17(10-8-16)14(2,3)4/h12-13,15H,5-11H2,1-4H3. The van der Waals surface area contributed by atoms with Gasteiger partial charge in [-0.05, 0) is 40.5 Å². The highest BCUT2D eigenvalue weighted by molar-refractivity contribution is 4.87. The van der Waals surface area contributed by atoms with Crippen LogP contribution in [-0.2, 0) is 0 Å². The Morgan fingerprint density at radius 2 is 1.65 bits per heavy atom. The summed E-state index contributed by atoms with van der Waals surface area (Å²) in [7, 11) is 0. The molecule has 3 nitrogen and oxygen atoms in total.